The zero-order valence-electron chi connectivity index (χ0n) is 12.5. The number of allylic oxidation sites excluding steroid dienone is 1. The maximum Gasteiger partial charge on any atom is 0.185 e. The van der Waals surface area contributed by atoms with Gasteiger partial charge < -0.3 is 0 Å². The predicted molar refractivity (Wildman–Crippen MR) is 92.0 cm³/mol. The number of carbonyl (C=O) groups is 1. The Kier molecular flexibility index (Phi) is 5.82. The lowest BCUT2D eigenvalue weighted by molar-refractivity contribution is 0.104. The maximum absolute atomic E-state index is 12.1. The summed E-state index contributed by atoms with van der Waals surface area (Å²) in [7, 11) is 0. The molecule has 0 aliphatic rings. The molecule has 0 bridgehead atoms. The van der Waals surface area contributed by atoms with E-state index in [4.69, 9.17) is 0 Å². The van der Waals surface area contributed by atoms with Crippen molar-refractivity contribution in [1.29, 1.82) is 0 Å². The van der Waals surface area contributed by atoms with E-state index in [1.54, 1.807) is 17.8 Å². The molecule has 2 aromatic carbocycles. The zero-order valence-corrected chi connectivity index (χ0v) is 13.3. The summed E-state index contributed by atoms with van der Waals surface area (Å²) < 4.78 is 0. The van der Waals surface area contributed by atoms with E-state index in [1.165, 1.54) is 10.5 Å². The Balaban J connectivity index is 2.03. The van der Waals surface area contributed by atoms with Crippen molar-refractivity contribution >= 4 is 23.6 Å². The normalized spacial score (nSPS) is 11.0. The summed E-state index contributed by atoms with van der Waals surface area (Å²) in [5.41, 5.74) is 3.10. The first-order chi connectivity index (χ1) is 10.2. The second-order valence-corrected chi connectivity index (χ2v) is 6.09. The highest BCUT2D eigenvalue weighted by Crippen LogP contribution is 2.18. The monoisotopic (exact) mass is 296 g/mol. The molecule has 0 aromatic heterocycles. The van der Waals surface area contributed by atoms with Crippen LogP contribution in [0.1, 0.15) is 35.3 Å². The van der Waals surface area contributed by atoms with Gasteiger partial charge in [0.05, 0.1) is 0 Å². The number of carbonyl (C=O) groups excluding carboxylic acids is 1. The van der Waals surface area contributed by atoms with Crippen LogP contribution in [0.4, 0.5) is 0 Å². The van der Waals surface area contributed by atoms with Crippen LogP contribution in [-0.2, 0) is 6.42 Å². The minimum absolute atomic E-state index is 0.0441. The molecule has 0 fully saturated rings. The second kappa shape index (κ2) is 7.84. The minimum Gasteiger partial charge on any atom is -0.289 e. The van der Waals surface area contributed by atoms with E-state index in [-0.39, 0.29) is 5.78 Å². The van der Waals surface area contributed by atoms with Crippen molar-refractivity contribution < 1.29 is 4.79 Å². The molecule has 0 N–H and O–H groups in total. The highest BCUT2D eigenvalue weighted by molar-refractivity contribution is 7.99. The van der Waals surface area contributed by atoms with Crippen LogP contribution in [0, 0.1) is 0 Å². The summed E-state index contributed by atoms with van der Waals surface area (Å²) in [5.74, 6) is 1.09. The van der Waals surface area contributed by atoms with Gasteiger partial charge in [0.2, 0.25) is 0 Å². The van der Waals surface area contributed by atoms with Gasteiger partial charge in [0.1, 0.15) is 0 Å². The lowest BCUT2D eigenvalue weighted by Crippen LogP contribution is -1.93. The molecule has 2 aromatic rings. The molecule has 2 heteroatoms. The Morgan fingerprint density at radius 3 is 2.24 bits per heavy atom. The highest BCUT2D eigenvalue weighted by Gasteiger charge is 2.01. The average molecular weight is 296 g/mol. The largest absolute Gasteiger partial charge is 0.289 e. The topological polar surface area (TPSA) is 17.1 Å². The molecule has 1 nitrogen and oxygen atoms in total. The number of ketones is 1. The summed E-state index contributed by atoms with van der Waals surface area (Å²) in [6, 6.07) is 16.1. The van der Waals surface area contributed by atoms with Crippen LogP contribution >= 0.6 is 11.8 Å². The van der Waals surface area contributed by atoms with Crippen LogP contribution in [-0.4, -0.2) is 11.5 Å². The van der Waals surface area contributed by atoms with Gasteiger partial charge in [0, 0.05) is 10.5 Å². The summed E-state index contributed by atoms with van der Waals surface area (Å²) in [6.07, 6.45) is 4.55. The van der Waals surface area contributed by atoms with E-state index < -0.39 is 0 Å². The van der Waals surface area contributed by atoms with E-state index in [2.05, 4.69) is 26.0 Å². The highest BCUT2D eigenvalue weighted by atomic mass is 32.2. The zero-order chi connectivity index (χ0) is 15.1. The Morgan fingerprint density at radius 1 is 1.00 bits per heavy atom. The fourth-order valence-electron chi connectivity index (χ4n) is 2.01. The van der Waals surface area contributed by atoms with Crippen molar-refractivity contribution in [3.05, 3.63) is 71.3 Å². The Morgan fingerprint density at radius 2 is 1.67 bits per heavy atom. The Bertz CT molecular complexity index is 609. The van der Waals surface area contributed by atoms with Gasteiger partial charge in [-0.2, -0.15) is 0 Å². The number of thioether (sulfide) groups is 1. The van der Waals surface area contributed by atoms with Crippen LogP contribution in [0.2, 0.25) is 0 Å². The number of hydrogen-bond donors (Lipinski definition) is 0. The fourth-order valence-corrected chi connectivity index (χ4v) is 2.68. The van der Waals surface area contributed by atoms with Gasteiger partial charge in [-0.15, -0.1) is 11.8 Å². The lowest BCUT2D eigenvalue weighted by Gasteiger charge is -2.00. The van der Waals surface area contributed by atoms with Gasteiger partial charge in [-0.25, -0.2) is 0 Å². The molecular weight excluding hydrogens is 276 g/mol. The van der Waals surface area contributed by atoms with E-state index in [0.29, 0.717) is 0 Å². The predicted octanol–water partition coefficient (Wildman–Crippen LogP) is 5.26. The summed E-state index contributed by atoms with van der Waals surface area (Å²) in [5, 5.41) is 0. The molecular formula is C19H20OS. The molecule has 21 heavy (non-hydrogen) atoms. The van der Waals surface area contributed by atoms with Gasteiger partial charge in [-0.05, 0) is 53.6 Å². The first-order valence-electron chi connectivity index (χ1n) is 7.27. The van der Waals surface area contributed by atoms with Crippen LogP contribution in [0.5, 0.6) is 0 Å². The molecule has 0 heterocycles. The minimum atomic E-state index is 0.0441. The van der Waals surface area contributed by atoms with Crippen molar-refractivity contribution in [3.63, 3.8) is 0 Å². The second-order valence-electron chi connectivity index (χ2n) is 4.75. The quantitative estimate of drug-likeness (QED) is 0.411. The van der Waals surface area contributed by atoms with Crippen molar-refractivity contribution in [2.75, 3.05) is 5.75 Å². The molecule has 0 atom stereocenters. The third-order valence-corrected chi connectivity index (χ3v) is 4.16. The molecule has 0 saturated carbocycles. The number of rotatable bonds is 6. The van der Waals surface area contributed by atoms with E-state index in [1.807, 2.05) is 42.5 Å². The van der Waals surface area contributed by atoms with Crippen LogP contribution in [0.25, 0.3) is 6.08 Å². The smallest absolute Gasteiger partial charge is 0.185 e. The van der Waals surface area contributed by atoms with Crippen molar-refractivity contribution in [2.45, 2.75) is 25.2 Å². The molecule has 0 aliphatic heterocycles. The van der Waals surface area contributed by atoms with Crippen LogP contribution in [0.3, 0.4) is 0 Å². The first kappa shape index (κ1) is 15.6. The van der Waals surface area contributed by atoms with Gasteiger partial charge in [-0.1, -0.05) is 44.2 Å². The summed E-state index contributed by atoms with van der Waals surface area (Å²) in [4.78, 5) is 13.3. The first-order valence-corrected chi connectivity index (χ1v) is 8.25. The maximum atomic E-state index is 12.1. The third kappa shape index (κ3) is 4.61. The molecule has 2 rings (SSSR count). The van der Waals surface area contributed by atoms with Gasteiger partial charge in [0.15, 0.2) is 5.78 Å². The molecule has 0 spiro atoms. The van der Waals surface area contributed by atoms with Gasteiger partial charge in [0.25, 0.3) is 0 Å². The van der Waals surface area contributed by atoms with E-state index in [0.717, 1.165) is 23.3 Å². The number of benzene rings is 2. The van der Waals surface area contributed by atoms with E-state index in [9.17, 15) is 4.79 Å². The SMILES string of the molecule is CCSc1ccc(C(=O)/C=C/c2ccc(CC)cc2)cc1. The molecule has 0 saturated heterocycles. The van der Waals surface area contributed by atoms with Crippen molar-refractivity contribution in [3.8, 4) is 0 Å². The third-order valence-electron chi connectivity index (χ3n) is 3.26. The standard InChI is InChI=1S/C19H20OS/c1-3-15-5-7-16(8-6-15)9-14-19(20)17-10-12-18(13-11-17)21-4-2/h5-14H,3-4H2,1-2H3/b14-9+. The van der Waals surface area contributed by atoms with Crippen LogP contribution in [0.15, 0.2) is 59.5 Å². The molecule has 0 unspecified atom stereocenters. The van der Waals surface area contributed by atoms with Crippen LogP contribution < -0.4 is 0 Å². The van der Waals surface area contributed by atoms with Gasteiger partial charge >= 0.3 is 0 Å². The Hall–Kier alpha value is -1.80. The van der Waals surface area contributed by atoms with Gasteiger partial charge in [-0.3, -0.25) is 4.79 Å². The van der Waals surface area contributed by atoms with Crippen molar-refractivity contribution in [1.82, 2.24) is 0 Å². The average Bonchev–Trinajstić information content (AvgIpc) is 2.54. The molecule has 108 valence electrons. The molecule has 0 radical (unpaired) electrons. The summed E-state index contributed by atoms with van der Waals surface area (Å²) >= 11 is 1.78. The lowest BCUT2D eigenvalue weighted by atomic mass is 10.1. The fraction of sp³-hybridized carbons (Fsp3) is 0.211. The molecule has 0 aliphatic carbocycles. The van der Waals surface area contributed by atoms with Crippen molar-refractivity contribution in [2.24, 2.45) is 0 Å². The molecule has 0 amide bonds. The number of aryl methyl sites for hydroxylation is 1. The number of hydrogen-bond acceptors (Lipinski definition) is 2. The summed E-state index contributed by atoms with van der Waals surface area (Å²) in [6.45, 7) is 4.26. The van der Waals surface area contributed by atoms with E-state index >= 15 is 0 Å². The Labute approximate surface area is 131 Å².